The fourth-order valence-corrected chi connectivity index (χ4v) is 3.19. The van der Waals surface area contributed by atoms with E-state index in [1.165, 1.54) is 4.88 Å². The van der Waals surface area contributed by atoms with Crippen LogP contribution in [-0.4, -0.2) is 28.1 Å². The number of nitrogens with one attached hydrogen (secondary N) is 1. The molecule has 5 heteroatoms. The molecule has 0 saturated heterocycles. The lowest BCUT2D eigenvalue weighted by Crippen LogP contribution is -2.30. The molecule has 0 aliphatic heterocycles. The van der Waals surface area contributed by atoms with Crippen LogP contribution in [0.2, 0.25) is 0 Å². The summed E-state index contributed by atoms with van der Waals surface area (Å²) in [6.07, 6.45) is 0.340. The van der Waals surface area contributed by atoms with Crippen LogP contribution in [0.4, 0.5) is 0 Å². The van der Waals surface area contributed by atoms with Crippen molar-refractivity contribution in [3.63, 3.8) is 0 Å². The molecule has 3 aromatic rings. The van der Waals surface area contributed by atoms with E-state index in [1.54, 1.807) is 16.2 Å². The second-order valence-corrected chi connectivity index (χ2v) is 6.07. The van der Waals surface area contributed by atoms with E-state index in [9.17, 15) is 4.79 Å². The number of benzene rings is 1. The van der Waals surface area contributed by atoms with Crippen molar-refractivity contribution in [2.75, 3.05) is 7.05 Å². The van der Waals surface area contributed by atoms with Crippen molar-refractivity contribution >= 4 is 28.1 Å². The highest BCUT2D eigenvalue weighted by molar-refractivity contribution is 7.10. The molecule has 3 rings (SSSR count). The van der Waals surface area contributed by atoms with Crippen LogP contribution in [0.15, 0.2) is 41.8 Å². The zero-order valence-electron chi connectivity index (χ0n) is 12.0. The largest absolute Gasteiger partial charge is 0.338 e. The number of aromatic amines is 1. The summed E-state index contributed by atoms with van der Waals surface area (Å²) in [7, 11) is 1.85. The predicted molar refractivity (Wildman–Crippen MR) is 85.3 cm³/mol. The Hall–Kier alpha value is -2.14. The molecule has 0 spiro atoms. The Labute approximate surface area is 127 Å². The number of hydrogen-bond donors (Lipinski definition) is 1. The Balaban J connectivity index is 1.77. The van der Waals surface area contributed by atoms with Crippen LogP contribution in [0.5, 0.6) is 0 Å². The molecule has 4 nitrogen and oxygen atoms in total. The molecule has 1 N–H and O–H groups in total. The van der Waals surface area contributed by atoms with Crippen LogP contribution in [0.1, 0.15) is 23.5 Å². The highest BCUT2D eigenvalue weighted by Gasteiger charge is 2.19. The normalized spacial score (nSPS) is 12.5. The number of amides is 1. The van der Waals surface area contributed by atoms with Crippen LogP contribution in [-0.2, 0) is 11.2 Å². The first-order valence-electron chi connectivity index (χ1n) is 6.88. The average Bonchev–Trinajstić information content (AvgIpc) is 3.16. The third-order valence-corrected chi connectivity index (χ3v) is 4.84. The Morgan fingerprint density at radius 1 is 1.33 bits per heavy atom. The number of hydrogen-bond acceptors (Lipinski definition) is 3. The summed E-state index contributed by atoms with van der Waals surface area (Å²) in [4.78, 5) is 15.5. The van der Waals surface area contributed by atoms with Gasteiger partial charge in [-0.2, -0.15) is 5.10 Å². The summed E-state index contributed by atoms with van der Waals surface area (Å²) in [6.45, 7) is 2.05. The number of carbonyl (C=O) groups excluding carboxylic acids is 1. The first-order chi connectivity index (χ1) is 10.2. The topological polar surface area (TPSA) is 49.0 Å². The Morgan fingerprint density at radius 2 is 2.14 bits per heavy atom. The van der Waals surface area contributed by atoms with E-state index in [4.69, 9.17) is 0 Å². The number of para-hydroxylation sites is 1. The van der Waals surface area contributed by atoms with E-state index in [0.717, 1.165) is 16.6 Å². The average molecular weight is 299 g/mol. The first-order valence-corrected chi connectivity index (χ1v) is 7.76. The molecular weight excluding hydrogens is 282 g/mol. The molecular formula is C16H17N3OS. The van der Waals surface area contributed by atoms with Gasteiger partial charge >= 0.3 is 0 Å². The smallest absolute Gasteiger partial charge is 0.228 e. The Morgan fingerprint density at radius 3 is 2.90 bits per heavy atom. The zero-order chi connectivity index (χ0) is 14.8. The van der Waals surface area contributed by atoms with Gasteiger partial charge in [-0.1, -0.05) is 24.3 Å². The monoisotopic (exact) mass is 299 g/mol. The molecule has 108 valence electrons. The van der Waals surface area contributed by atoms with E-state index in [0.29, 0.717) is 6.42 Å². The predicted octanol–water partition coefficient (Wildman–Crippen LogP) is 3.39. The molecule has 0 unspecified atom stereocenters. The van der Waals surface area contributed by atoms with Crippen LogP contribution in [0.25, 0.3) is 10.9 Å². The molecule has 1 aromatic carbocycles. The van der Waals surface area contributed by atoms with Gasteiger partial charge in [-0.15, -0.1) is 11.3 Å². The number of rotatable bonds is 4. The number of nitrogens with zero attached hydrogens (tertiary/aromatic N) is 2. The summed E-state index contributed by atoms with van der Waals surface area (Å²) in [5.74, 6) is 0.0882. The number of likely N-dealkylation sites (N-methyl/N-ethyl adjacent to an activating group) is 1. The third-order valence-electron chi connectivity index (χ3n) is 3.80. The van der Waals surface area contributed by atoms with Crippen molar-refractivity contribution in [1.82, 2.24) is 15.1 Å². The summed E-state index contributed by atoms with van der Waals surface area (Å²) in [6, 6.07) is 12.0. The van der Waals surface area contributed by atoms with Gasteiger partial charge in [0.15, 0.2) is 0 Å². The van der Waals surface area contributed by atoms with Crippen LogP contribution in [0, 0.1) is 0 Å². The maximum atomic E-state index is 12.5. The van der Waals surface area contributed by atoms with Crippen molar-refractivity contribution < 1.29 is 4.79 Å². The second-order valence-electron chi connectivity index (χ2n) is 5.09. The van der Waals surface area contributed by atoms with Crippen molar-refractivity contribution in [3.05, 3.63) is 52.3 Å². The van der Waals surface area contributed by atoms with Gasteiger partial charge in [-0.05, 0) is 24.4 Å². The maximum absolute atomic E-state index is 12.5. The van der Waals surface area contributed by atoms with Crippen LogP contribution >= 0.6 is 11.3 Å². The van der Waals surface area contributed by atoms with E-state index in [1.807, 2.05) is 42.8 Å². The molecule has 21 heavy (non-hydrogen) atoms. The molecule has 0 radical (unpaired) electrons. The summed E-state index contributed by atoms with van der Waals surface area (Å²) < 4.78 is 0. The lowest BCUT2D eigenvalue weighted by Gasteiger charge is -2.24. The van der Waals surface area contributed by atoms with E-state index in [-0.39, 0.29) is 11.9 Å². The van der Waals surface area contributed by atoms with Gasteiger partial charge in [-0.25, -0.2) is 0 Å². The van der Waals surface area contributed by atoms with Gasteiger partial charge in [0.25, 0.3) is 0 Å². The molecule has 0 bridgehead atoms. The fourth-order valence-electron chi connectivity index (χ4n) is 2.36. The Bertz CT molecular complexity index is 748. The minimum absolute atomic E-state index is 0.0882. The minimum atomic E-state index is 0.0882. The second kappa shape index (κ2) is 5.69. The van der Waals surface area contributed by atoms with Crippen molar-refractivity contribution in [2.24, 2.45) is 0 Å². The molecule has 0 fully saturated rings. The van der Waals surface area contributed by atoms with Crippen molar-refractivity contribution in [2.45, 2.75) is 19.4 Å². The quantitative estimate of drug-likeness (QED) is 0.803. The molecule has 2 heterocycles. The number of carbonyl (C=O) groups is 1. The molecule has 2 aromatic heterocycles. The van der Waals surface area contributed by atoms with E-state index < -0.39 is 0 Å². The molecule has 1 amide bonds. The summed E-state index contributed by atoms with van der Waals surface area (Å²) in [5, 5.41) is 10.3. The van der Waals surface area contributed by atoms with Gasteiger partial charge in [-0.3, -0.25) is 9.89 Å². The maximum Gasteiger partial charge on any atom is 0.228 e. The van der Waals surface area contributed by atoms with Gasteiger partial charge in [0.05, 0.1) is 23.7 Å². The summed E-state index contributed by atoms with van der Waals surface area (Å²) >= 11 is 1.67. The van der Waals surface area contributed by atoms with Gasteiger partial charge in [0, 0.05) is 17.3 Å². The van der Waals surface area contributed by atoms with Crippen LogP contribution in [0.3, 0.4) is 0 Å². The number of thiophene rings is 1. The number of fused-ring (bicyclic) bond motifs is 1. The van der Waals surface area contributed by atoms with Gasteiger partial charge in [0.2, 0.25) is 5.91 Å². The lowest BCUT2D eigenvalue weighted by molar-refractivity contribution is -0.131. The standard InChI is InChI=1S/C16H17N3OS/c1-11(15-8-5-9-21-15)19(2)16(20)10-14-12-6-3-4-7-13(12)17-18-14/h3-9,11H,10H2,1-2H3,(H,17,18)/t11-/m0/s1. The highest BCUT2D eigenvalue weighted by atomic mass is 32.1. The van der Waals surface area contributed by atoms with Gasteiger partial charge < -0.3 is 4.90 Å². The zero-order valence-corrected chi connectivity index (χ0v) is 12.9. The van der Waals surface area contributed by atoms with E-state index >= 15 is 0 Å². The third kappa shape index (κ3) is 2.69. The SMILES string of the molecule is C[C@@H](c1cccs1)N(C)C(=O)Cc1[nH]nc2ccccc12. The molecule has 1 atom stereocenters. The highest BCUT2D eigenvalue weighted by Crippen LogP contribution is 2.24. The van der Waals surface area contributed by atoms with Crippen LogP contribution < -0.4 is 0 Å². The lowest BCUT2D eigenvalue weighted by atomic mass is 10.1. The fraction of sp³-hybridized carbons (Fsp3) is 0.250. The minimum Gasteiger partial charge on any atom is -0.338 e. The molecule has 0 saturated carbocycles. The number of H-pyrrole nitrogens is 1. The molecule has 0 aliphatic rings. The summed E-state index contributed by atoms with van der Waals surface area (Å²) in [5.41, 5.74) is 1.77. The first kappa shape index (κ1) is 13.8. The van der Waals surface area contributed by atoms with Crippen molar-refractivity contribution in [3.8, 4) is 0 Å². The Kier molecular flexibility index (Phi) is 3.75. The van der Waals surface area contributed by atoms with Gasteiger partial charge in [0.1, 0.15) is 0 Å². The van der Waals surface area contributed by atoms with E-state index in [2.05, 4.69) is 23.2 Å². The van der Waals surface area contributed by atoms with Crippen molar-refractivity contribution in [1.29, 1.82) is 0 Å². The molecule has 0 aliphatic carbocycles. The number of aromatic nitrogens is 2.